The van der Waals surface area contributed by atoms with Gasteiger partial charge in [0.1, 0.15) is 11.4 Å². The highest BCUT2D eigenvalue weighted by atomic mass is 35.5. The zero-order chi connectivity index (χ0) is 35.3. The van der Waals surface area contributed by atoms with Crippen molar-refractivity contribution in [2.24, 2.45) is 17.8 Å². The van der Waals surface area contributed by atoms with Crippen molar-refractivity contribution in [1.29, 1.82) is 0 Å². The molecule has 2 amide bonds. The largest absolute Gasteiger partial charge is 0.490 e. The van der Waals surface area contributed by atoms with E-state index in [1.807, 2.05) is 12.1 Å². The second-order valence-electron chi connectivity index (χ2n) is 14.8. The van der Waals surface area contributed by atoms with Crippen LogP contribution in [-0.4, -0.2) is 88.1 Å². The first-order chi connectivity index (χ1) is 23.2. The maximum atomic E-state index is 13.5. The molecule has 7 atom stereocenters. The summed E-state index contributed by atoms with van der Waals surface area (Å²) in [4.78, 5) is 30.7. The van der Waals surface area contributed by atoms with Gasteiger partial charge < -0.3 is 24.4 Å². The number of nitrogens with zero attached hydrogens (tertiary/aromatic N) is 2. The summed E-state index contributed by atoms with van der Waals surface area (Å²) in [6.07, 6.45) is 6.82. The van der Waals surface area contributed by atoms with E-state index in [2.05, 4.69) is 15.7 Å². The van der Waals surface area contributed by atoms with Gasteiger partial charge in [-0.3, -0.25) is 9.59 Å². The van der Waals surface area contributed by atoms with Gasteiger partial charge in [0.25, 0.3) is 11.8 Å². The van der Waals surface area contributed by atoms with Crippen molar-refractivity contribution in [2.75, 3.05) is 45.8 Å². The number of methoxy groups -OCH3 is 1. The molecule has 0 unspecified atom stereocenters. The third-order valence-corrected chi connectivity index (χ3v) is 13.7. The van der Waals surface area contributed by atoms with E-state index in [-0.39, 0.29) is 28.7 Å². The number of sulfonamides is 1. The van der Waals surface area contributed by atoms with Gasteiger partial charge in [-0.15, -0.1) is 0 Å². The molecule has 2 heterocycles. The molecular formula is C37H48ClN3O7S. The highest BCUT2D eigenvalue weighted by molar-refractivity contribution is 7.90. The third kappa shape index (κ3) is 6.59. The van der Waals surface area contributed by atoms with Crippen molar-refractivity contribution in [1.82, 2.24) is 9.62 Å². The van der Waals surface area contributed by atoms with E-state index in [0.717, 1.165) is 25.7 Å². The predicted octanol–water partition coefficient (Wildman–Crippen LogP) is 4.72. The molecule has 6 rings (SSSR count). The van der Waals surface area contributed by atoms with Gasteiger partial charge in [0, 0.05) is 50.3 Å². The van der Waals surface area contributed by atoms with E-state index in [1.165, 1.54) is 23.1 Å². The Kier molecular flexibility index (Phi) is 9.87. The summed E-state index contributed by atoms with van der Waals surface area (Å²) in [5.74, 6) is -1.20. The summed E-state index contributed by atoms with van der Waals surface area (Å²) < 4.78 is 41.5. The van der Waals surface area contributed by atoms with Crippen LogP contribution >= 0.6 is 11.6 Å². The van der Waals surface area contributed by atoms with Crippen molar-refractivity contribution in [3.8, 4) is 5.75 Å². The van der Waals surface area contributed by atoms with Gasteiger partial charge in [-0.2, -0.15) is 0 Å². The van der Waals surface area contributed by atoms with Crippen molar-refractivity contribution in [3.63, 3.8) is 0 Å². The lowest BCUT2D eigenvalue weighted by atomic mass is 9.62. The molecule has 1 spiro atoms. The summed E-state index contributed by atoms with van der Waals surface area (Å²) in [5.41, 5.74) is 1.27. The molecule has 2 N–H and O–H groups in total. The fourth-order valence-corrected chi connectivity index (χ4v) is 9.79. The molecule has 2 aliphatic carbocycles. The number of hydrogen-bond donors (Lipinski definition) is 2. The number of fused-ring (bicyclic) bond motifs is 4. The lowest BCUT2D eigenvalue weighted by Crippen LogP contribution is -2.60. The van der Waals surface area contributed by atoms with Crippen LogP contribution in [0, 0.1) is 17.8 Å². The summed E-state index contributed by atoms with van der Waals surface area (Å²) in [6.45, 7) is 4.88. The van der Waals surface area contributed by atoms with Crippen molar-refractivity contribution < 1.29 is 32.6 Å². The number of hydrogen-bond acceptors (Lipinski definition) is 8. The standard InChI is InChI=1S/C37H48ClN3O7S/c1-23-8-6-17-37(44,33(47-5)35(43)40(3)4)30-13-10-27(30)20-41-21-36(16-7-9-25-18-28(38)12-14-29(25)36)22-48-32-15-11-26(19-31(32)41)34(42)39-49(45,46)24(23)2/h6,11-12,14-15,17-19,23-24,27,30,33,44H,7-10,13,16,20-22H2,1-5H3,(H,39,42)/b17-6-/t23-,24+,27-,30+,33-,36-,37+/m0/s1. The number of aliphatic hydroxyl groups is 1. The molecule has 0 radical (unpaired) electrons. The monoisotopic (exact) mass is 713 g/mol. The molecule has 4 aliphatic rings. The fraction of sp³-hybridized carbons (Fsp3) is 0.568. The number of allylic oxidation sites excluding steroid dienone is 1. The number of ether oxygens (including phenoxy) is 2. The van der Waals surface area contributed by atoms with Gasteiger partial charge in [0.15, 0.2) is 6.10 Å². The van der Waals surface area contributed by atoms with Crippen LogP contribution in [-0.2, 0) is 31.4 Å². The van der Waals surface area contributed by atoms with Crippen LogP contribution in [0.1, 0.15) is 67.4 Å². The number of nitrogens with one attached hydrogen (secondary N) is 1. The van der Waals surface area contributed by atoms with Crippen LogP contribution in [0.25, 0.3) is 0 Å². The predicted molar refractivity (Wildman–Crippen MR) is 190 cm³/mol. The minimum Gasteiger partial charge on any atom is -0.490 e. The highest BCUT2D eigenvalue weighted by Gasteiger charge is 2.54. The van der Waals surface area contributed by atoms with E-state index in [4.69, 9.17) is 21.1 Å². The molecule has 2 aliphatic heterocycles. The number of carbonyl (C=O) groups excluding carboxylic acids is 2. The number of aryl methyl sites for hydroxylation is 1. The third-order valence-electron chi connectivity index (χ3n) is 11.5. The highest BCUT2D eigenvalue weighted by Crippen LogP contribution is 2.49. The smallest absolute Gasteiger partial charge is 0.264 e. The summed E-state index contributed by atoms with van der Waals surface area (Å²) in [5, 5.41) is 12.3. The maximum absolute atomic E-state index is 13.5. The Morgan fingerprint density at radius 3 is 2.65 bits per heavy atom. The lowest BCUT2D eigenvalue weighted by molar-refractivity contribution is -0.168. The minimum atomic E-state index is -4.06. The summed E-state index contributed by atoms with van der Waals surface area (Å²) in [7, 11) is 0.654. The van der Waals surface area contributed by atoms with Gasteiger partial charge in [-0.05, 0) is 105 Å². The first-order valence-corrected chi connectivity index (χ1v) is 19.1. The fourth-order valence-electron chi connectivity index (χ4n) is 8.31. The molecule has 2 aromatic rings. The molecule has 0 aromatic heterocycles. The van der Waals surface area contributed by atoms with Crippen LogP contribution in [0.2, 0.25) is 5.02 Å². The van der Waals surface area contributed by atoms with Crippen LogP contribution in [0.15, 0.2) is 48.6 Å². The van der Waals surface area contributed by atoms with Gasteiger partial charge in [-0.25, -0.2) is 13.1 Å². The molecular weight excluding hydrogens is 666 g/mol. The number of halogens is 1. The maximum Gasteiger partial charge on any atom is 0.264 e. The molecule has 2 bridgehead atoms. The average Bonchev–Trinajstić information content (AvgIpc) is 3.18. The van der Waals surface area contributed by atoms with E-state index in [0.29, 0.717) is 49.0 Å². The minimum absolute atomic E-state index is 0.0272. The SMILES string of the molecule is CO[C@@H](C(=O)N(C)C)[C@@]1(O)/C=C\C[C@H](C)[C@@H](C)S(=O)(=O)NC(=O)c2ccc3c(c2)N(C[C@@H]2CC[C@H]21)C[C@@]1(CCCc2cc(Cl)ccc21)CO3. The van der Waals surface area contributed by atoms with Gasteiger partial charge in [-0.1, -0.05) is 36.7 Å². The second-order valence-corrected chi connectivity index (χ2v) is 17.2. The van der Waals surface area contributed by atoms with Gasteiger partial charge in [0.2, 0.25) is 10.0 Å². The van der Waals surface area contributed by atoms with E-state index >= 15 is 0 Å². The molecule has 2 aromatic carbocycles. The molecule has 49 heavy (non-hydrogen) atoms. The Labute approximate surface area is 294 Å². The van der Waals surface area contributed by atoms with Gasteiger partial charge in [0.05, 0.1) is 17.5 Å². The van der Waals surface area contributed by atoms with Crippen molar-refractivity contribution >= 4 is 39.1 Å². The van der Waals surface area contributed by atoms with Crippen LogP contribution < -0.4 is 14.4 Å². The molecule has 0 saturated heterocycles. The summed E-state index contributed by atoms with van der Waals surface area (Å²) in [6, 6.07) is 11.1. The molecule has 12 heteroatoms. The Morgan fingerprint density at radius 1 is 1.18 bits per heavy atom. The van der Waals surface area contributed by atoms with E-state index < -0.39 is 38.8 Å². The number of carbonyl (C=O) groups is 2. The van der Waals surface area contributed by atoms with Crippen molar-refractivity contribution in [2.45, 2.75) is 74.7 Å². The molecule has 266 valence electrons. The number of likely N-dealkylation sites (N-methyl/N-ethyl adjacent to an activating group) is 1. The van der Waals surface area contributed by atoms with Gasteiger partial charge >= 0.3 is 0 Å². The lowest BCUT2D eigenvalue weighted by Gasteiger charge is -2.51. The quantitative estimate of drug-likeness (QED) is 0.438. The summed E-state index contributed by atoms with van der Waals surface area (Å²) >= 11 is 6.43. The first kappa shape index (κ1) is 35.7. The normalized spacial score (nSPS) is 32.3. The number of benzene rings is 2. The average molecular weight is 714 g/mol. The van der Waals surface area contributed by atoms with Crippen LogP contribution in [0.5, 0.6) is 5.75 Å². The first-order valence-electron chi connectivity index (χ1n) is 17.2. The van der Waals surface area contributed by atoms with Crippen LogP contribution in [0.3, 0.4) is 0 Å². The van der Waals surface area contributed by atoms with E-state index in [9.17, 15) is 23.1 Å². The van der Waals surface area contributed by atoms with Crippen molar-refractivity contribution in [3.05, 3.63) is 70.3 Å². The number of amides is 2. The zero-order valence-electron chi connectivity index (χ0n) is 28.9. The second kappa shape index (κ2) is 13.5. The number of rotatable bonds is 3. The molecule has 1 saturated carbocycles. The Hall–Kier alpha value is -3.12. The zero-order valence-corrected chi connectivity index (χ0v) is 30.5. The Morgan fingerprint density at radius 2 is 1.96 bits per heavy atom. The van der Waals surface area contributed by atoms with Crippen LogP contribution in [0.4, 0.5) is 5.69 Å². The Bertz CT molecular complexity index is 1750. The molecule has 10 nitrogen and oxygen atoms in total. The Balaban J connectivity index is 1.48. The molecule has 1 fully saturated rings. The number of anilines is 1. The topological polar surface area (TPSA) is 125 Å². The van der Waals surface area contributed by atoms with E-state index in [1.54, 1.807) is 58.3 Å².